The summed E-state index contributed by atoms with van der Waals surface area (Å²) in [5.41, 5.74) is 2.50. The number of nitrogens with zero attached hydrogens (tertiary/aromatic N) is 1. The lowest BCUT2D eigenvalue weighted by atomic mass is 10.3. The van der Waals surface area contributed by atoms with Crippen molar-refractivity contribution in [3.63, 3.8) is 0 Å². The number of ether oxygens (including phenoxy) is 2. The van der Waals surface area contributed by atoms with Crippen LogP contribution in [0.25, 0.3) is 0 Å². The maximum atomic E-state index is 5.29. The van der Waals surface area contributed by atoms with Crippen molar-refractivity contribution >= 4 is 5.96 Å². The van der Waals surface area contributed by atoms with Gasteiger partial charge in [0.15, 0.2) is 0 Å². The average molecular weight is 218 g/mol. The van der Waals surface area contributed by atoms with Crippen molar-refractivity contribution in [1.82, 2.24) is 10.7 Å². The minimum Gasteiger partial charge on any atom is -0.385 e. The summed E-state index contributed by atoms with van der Waals surface area (Å²) in [4.78, 5) is 4.24. The first kappa shape index (κ1) is 14.2. The number of hydrogen-bond donors (Lipinski definition) is 3. The molecule has 0 aromatic rings. The molecule has 0 spiro atoms. The number of hydrazine groups is 1. The van der Waals surface area contributed by atoms with Gasteiger partial charge in [-0.1, -0.05) is 0 Å². The van der Waals surface area contributed by atoms with E-state index in [1.54, 1.807) is 14.2 Å². The second-order valence-corrected chi connectivity index (χ2v) is 2.99. The fourth-order valence-electron chi connectivity index (χ4n) is 0.973. The quantitative estimate of drug-likeness (QED) is 0.168. The first-order chi connectivity index (χ1) is 7.35. The molecule has 0 aromatic carbocycles. The second kappa shape index (κ2) is 11.2. The van der Waals surface area contributed by atoms with Gasteiger partial charge in [0.05, 0.1) is 6.61 Å². The van der Waals surface area contributed by atoms with E-state index in [0.29, 0.717) is 19.1 Å². The summed E-state index contributed by atoms with van der Waals surface area (Å²) in [5.74, 6) is 5.89. The number of guanidine groups is 1. The smallest absolute Gasteiger partial charge is 0.205 e. The molecule has 0 atom stereocenters. The van der Waals surface area contributed by atoms with Crippen molar-refractivity contribution in [2.24, 2.45) is 10.8 Å². The normalized spacial score (nSPS) is 11.5. The molecule has 0 fully saturated rings. The minimum absolute atomic E-state index is 0.601. The molecule has 0 rings (SSSR count). The number of rotatable bonds is 8. The predicted molar refractivity (Wildman–Crippen MR) is 60.6 cm³/mol. The van der Waals surface area contributed by atoms with Gasteiger partial charge >= 0.3 is 0 Å². The molecule has 0 saturated carbocycles. The molecule has 4 N–H and O–H groups in total. The molecule has 0 aliphatic carbocycles. The van der Waals surface area contributed by atoms with E-state index in [2.05, 4.69) is 15.7 Å². The molecule has 0 unspecified atom stereocenters. The van der Waals surface area contributed by atoms with Crippen LogP contribution in [0.15, 0.2) is 4.99 Å². The van der Waals surface area contributed by atoms with E-state index < -0.39 is 0 Å². The summed E-state index contributed by atoms with van der Waals surface area (Å²) < 4.78 is 9.83. The molecule has 90 valence electrons. The van der Waals surface area contributed by atoms with E-state index in [0.717, 1.165) is 26.0 Å². The highest BCUT2D eigenvalue weighted by atomic mass is 16.5. The van der Waals surface area contributed by atoms with E-state index >= 15 is 0 Å². The number of unbranched alkanes of at least 4 members (excludes halogenated alkanes) is 1. The third-order valence-electron chi connectivity index (χ3n) is 1.76. The van der Waals surface area contributed by atoms with Crippen LogP contribution in [0, 0.1) is 0 Å². The second-order valence-electron chi connectivity index (χ2n) is 2.99. The van der Waals surface area contributed by atoms with Crippen LogP contribution < -0.4 is 16.6 Å². The Bertz CT molecular complexity index is 164. The first-order valence-corrected chi connectivity index (χ1v) is 5.08. The van der Waals surface area contributed by atoms with Gasteiger partial charge in [-0.05, 0) is 12.8 Å². The average Bonchev–Trinajstić information content (AvgIpc) is 2.26. The molecule has 0 aromatic heterocycles. The van der Waals surface area contributed by atoms with Gasteiger partial charge in [-0.25, -0.2) is 5.84 Å². The van der Waals surface area contributed by atoms with Crippen LogP contribution in [-0.4, -0.2) is 46.5 Å². The van der Waals surface area contributed by atoms with Gasteiger partial charge in [-0.3, -0.25) is 10.4 Å². The monoisotopic (exact) mass is 218 g/mol. The lowest BCUT2D eigenvalue weighted by Gasteiger charge is -2.08. The molecule has 0 aliphatic rings. The predicted octanol–water partition coefficient (Wildman–Crippen LogP) is -0.532. The molecule has 0 heterocycles. The van der Waals surface area contributed by atoms with Gasteiger partial charge in [0.2, 0.25) is 5.96 Å². The highest BCUT2D eigenvalue weighted by Crippen LogP contribution is 1.89. The van der Waals surface area contributed by atoms with Crippen LogP contribution in [0.5, 0.6) is 0 Å². The van der Waals surface area contributed by atoms with Gasteiger partial charge < -0.3 is 14.8 Å². The first-order valence-electron chi connectivity index (χ1n) is 5.08. The summed E-state index contributed by atoms with van der Waals surface area (Å²) in [5, 5.41) is 3.02. The minimum atomic E-state index is 0.601. The molecule has 6 nitrogen and oxygen atoms in total. The number of aliphatic imine (C=N–C) groups is 1. The van der Waals surface area contributed by atoms with E-state index in [1.165, 1.54) is 0 Å². The molecule has 15 heavy (non-hydrogen) atoms. The van der Waals surface area contributed by atoms with Gasteiger partial charge in [0, 0.05) is 33.9 Å². The Hall–Kier alpha value is -0.850. The highest BCUT2D eigenvalue weighted by molar-refractivity contribution is 5.79. The van der Waals surface area contributed by atoms with Crippen molar-refractivity contribution in [3.05, 3.63) is 0 Å². The van der Waals surface area contributed by atoms with Crippen molar-refractivity contribution in [1.29, 1.82) is 0 Å². The Labute approximate surface area is 91.2 Å². The summed E-state index contributed by atoms with van der Waals surface area (Å²) >= 11 is 0. The lowest BCUT2D eigenvalue weighted by Crippen LogP contribution is -2.42. The number of nitrogens with one attached hydrogen (secondary N) is 2. The molecule has 0 saturated heterocycles. The highest BCUT2D eigenvalue weighted by Gasteiger charge is 1.93. The number of methoxy groups -OCH3 is 2. The van der Waals surface area contributed by atoms with Crippen LogP contribution in [0.2, 0.25) is 0 Å². The molecular formula is C9H22N4O2. The third kappa shape index (κ3) is 9.45. The zero-order chi connectivity index (χ0) is 11.4. The van der Waals surface area contributed by atoms with Gasteiger partial charge in [0.1, 0.15) is 0 Å². The fourth-order valence-corrected chi connectivity index (χ4v) is 0.973. The molecular weight excluding hydrogens is 196 g/mol. The van der Waals surface area contributed by atoms with E-state index in [9.17, 15) is 0 Å². The van der Waals surface area contributed by atoms with Crippen LogP contribution in [0.3, 0.4) is 0 Å². The Morgan fingerprint density at radius 2 is 1.93 bits per heavy atom. The van der Waals surface area contributed by atoms with Crippen LogP contribution in [0.1, 0.15) is 12.8 Å². The van der Waals surface area contributed by atoms with Crippen LogP contribution in [-0.2, 0) is 9.47 Å². The topological polar surface area (TPSA) is 80.9 Å². The number of nitrogens with two attached hydrogens (primary N) is 1. The van der Waals surface area contributed by atoms with E-state index in [1.807, 2.05) is 0 Å². The zero-order valence-electron chi connectivity index (χ0n) is 9.58. The molecule has 0 amide bonds. The van der Waals surface area contributed by atoms with Crippen molar-refractivity contribution < 1.29 is 9.47 Å². The summed E-state index contributed by atoms with van der Waals surface area (Å²) in [6.07, 6.45) is 2.00. The Morgan fingerprint density at radius 1 is 1.20 bits per heavy atom. The number of hydrogen-bond acceptors (Lipinski definition) is 4. The molecule has 0 radical (unpaired) electrons. The Kier molecular flexibility index (Phi) is 10.6. The van der Waals surface area contributed by atoms with Crippen molar-refractivity contribution in [3.8, 4) is 0 Å². The van der Waals surface area contributed by atoms with Crippen molar-refractivity contribution in [2.45, 2.75) is 12.8 Å². The maximum absolute atomic E-state index is 5.29. The standard InChI is InChI=1S/C9H22N4O2/c1-14-7-4-3-5-11-9(13-10)12-6-8-15-2/h3-8,10H2,1-2H3,(H2,11,12,13). The zero-order valence-corrected chi connectivity index (χ0v) is 9.58. The third-order valence-corrected chi connectivity index (χ3v) is 1.76. The van der Waals surface area contributed by atoms with E-state index in [4.69, 9.17) is 15.3 Å². The Morgan fingerprint density at radius 3 is 2.53 bits per heavy atom. The van der Waals surface area contributed by atoms with E-state index in [-0.39, 0.29) is 0 Å². The summed E-state index contributed by atoms with van der Waals surface area (Å²) in [6, 6.07) is 0. The summed E-state index contributed by atoms with van der Waals surface area (Å²) in [7, 11) is 3.35. The summed E-state index contributed by atoms with van der Waals surface area (Å²) in [6.45, 7) is 2.84. The fraction of sp³-hybridized carbons (Fsp3) is 0.889. The van der Waals surface area contributed by atoms with Gasteiger partial charge in [-0.15, -0.1) is 0 Å². The lowest BCUT2D eigenvalue weighted by molar-refractivity contribution is 0.193. The largest absolute Gasteiger partial charge is 0.385 e. The SMILES string of the molecule is COCCCCN=C(NN)NCCOC. The Balaban J connectivity index is 3.50. The molecule has 0 aliphatic heterocycles. The molecule has 6 heteroatoms. The molecule has 0 bridgehead atoms. The van der Waals surface area contributed by atoms with Gasteiger partial charge in [0.25, 0.3) is 0 Å². The van der Waals surface area contributed by atoms with Crippen molar-refractivity contribution in [2.75, 3.05) is 40.5 Å². The van der Waals surface area contributed by atoms with Gasteiger partial charge in [-0.2, -0.15) is 0 Å². The van der Waals surface area contributed by atoms with Crippen LogP contribution in [0.4, 0.5) is 0 Å². The maximum Gasteiger partial charge on any atom is 0.205 e. The van der Waals surface area contributed by atoms with Crippen LogP contribution >= 0.6 is 0 Å².